The summed E-state index contributed by atoms with van der Waals surface area (Å²) in [5, 5.41) is 3.00. The van der Waals surface area contributed by atoms with Crippen molar-refractivity contribution >= 4 is 11.9 Å². The number of hydrogen-bond donors (Lipinski definition) is 1. The maximum atomic E-state index is 12.3. The van der Waals surface area contributed by atoms with Crippen molar-refractivity contribution in [3.05, 3.63) is 23.5 Å². The number of carbonyl (C=O) groups excluding carboxylic acids is 2. The molecule has 1 fully saturated rings. The normalized spacial score (nSPS) is 20.9. The van der Waals surface area contributed by atoms with Crippen molar-refractivity contribution in [2.24, 2.45) is 7.05 Å². The molecule has 0 aliphatic carbocycles. The van der Waals surface area contributed by atoms with E-state index >= 15 is 0 Å². The number of nitrogens with zero attached hydrogens (tertiary/aromatic N) is 1. The zero-order valence-electron chi connectivity index (χ0n) is 12.9. The lowest BCUT2D eigenvalue weighted by molar-refractivity contribution is -0.0615. The molecule has 1 aromatic rings. The molecular weight excluding hydrogens is 272 g/mol. The highest BCUT2D eigenvalue weighted by Crippen LogP contribution is 2.24. The van der Waals surface area contributed by atoms with Crippen LogP contribution in [0.4, 0.5) is 0 Å². The van der Waals surface area contributed by atoms with Crippen LogP contribution < -0.4 is 5.32 Å². The first-order valence-electron chi connectivity index (χ1n) is 7.02. The van der Waals surface area contributed by atoms with Gasteiger partial charge in [0, 0.05) is 25.9 Å². The Morgan fingerprint density at radius 3 is 2.81 bits per heavy atom. The SMILES string of the molecule is COC(=O)c1cc(C(=O)N[C@@H]2CCOC(C)(C)C2)cn1C. The number of rotatable bonds is 3. The Bertz CT molecular complexity index is 548. The van der Waals surface area contributed by atoms with Gasteiger partial charge in [-0.3, -0.25) is 4.79 Å². The highest BCUT2D eigenvalue weighted by Gasteiger charge is 2.30. The third kappa shape index (κ3) is 3.64. The molecule has 116 valence electrons. The molecule has 1 aliphatic heterocycles. The van der Waals surface area contributed by atoms with Gasteiger partial charge in [0.1, 0.15) is 5.69 Å². The summed E-state index contributed by atoms with van der Waals surface area (Å²) in [7, 11) is 3.03. The van der Waals surface area contributed by atoms with Crippen LogP contribution in [0.25, 0.3) is 0 Å². The largest absolute Gasteiger partial charge is 0.464 e. The van der Waals surface area contributed by atoms with Gasteiger partial charge >= 0.3 is 5.97 Å². The minimum Gasteiger partial charge on any atom is -0.464 e. The lowest BCUT2D eigenvalue weighted by Crippen LogP contribution is -2.45. The summed E-state index contributed by atoms with van der Waals surface area (Å²) in [4.78, 5) is 23.8. The molecule has 6 heteroatoms. The van der Waals surface area contributed by atoms with E-state index in [4.69, 9.17) is 4.74 Å². The van der Waals surface area contributed by atoms with Gasteiger partial charge < -0.3 is 19.4 Å². The molecule has 0 aromatic carbocycles. The van der Waals surface area contributed by atoms with Crippen molar-refractivity contribution in [3.63, 3.8) is 0 Å². The van der Waals surface area contributed by atoms with Crippen molar-refractivity contribution in [2.45, 2.75) is 38.3 Å². The van der Waals surface area contributed by atoms with Crippen LogP contribution in [0.5, 0.6) is 0 Å². The van der Waals surface area contributed by atoms with Crippen LogP contribution >= 0.6 is 0 Å². The highest BCUT2D eigenvalue weighted by atomic mass is 16.5. The Morgan fingerprint density at radius 1 is 1.48 bits per heavy atom. The summed E-state index contributed by atoms with van der Waals surface area (Å²) in [5.41, 5.74) is 0.599. The summed E-state index contributed by atoms with van der Waals surface area (Å²) in [6.07, 6.45) is 3.20. The van der Waals surface area contributed by atoms with Crippen molar-refractivity contribution in [3.8, 4) is 0 Å². The third-order valence-corrected chi connectivity index (χ3v) is 3.69. The molecular formula is C15H22N2O4. The Hall–Kier alpha value is -1.82. The summed E-state index contributed by atoms with van der Waals surface area (Å²) >= 11 is 0. The number of methoxy groups -OCH3 is 1. The van der Waals surface area contributed by atoms with E-state index in [0.29, 0.717) is 17.9 Å². The molecule has 0 bridgehead atoms. The zero-order chi connectivity index (χ0) is 15.6. The van der Waals surface area contributed by atoms with E-state index in [-0.39, 0.29) is 17.6 Å². The second kappa shape index (κ2) is 5.89. The number of esters is 1. The molecule has 0 radical (unpaired) electrons. The molecule has 0 spiro atoms. The fraction of sp³-hybridized carbons (Fsp3) is 0.600. The van der Waals surface area contributed by atoms with E-state index in [1.807, 2.05) is 13.8 Å². The van der Waals surface area contributed by atoms with Gasteiger partial charge in [0.25, 0.3) is 5.91 Å². The zero-order valence-corrected chi connectivity index (χ0v) is 12.9. The van der Waals surface area contributed by atoms with Gasteiger partial charge in [-0.1, -0.05) is 0 Å². The third-order valence-electron chi connectivity index (χ3n) is 3.69. The monoisotopic (exact) mass is 294 g/mol. The maximum absolute atomic E-state index is 12.3. The van der Waals surface area contributed by atoms with Gasteiger partial charge in [0.2, 0.25) is 0 Å². The lowest BCUT2D eigenvalue weighted by Gasteiger charge is -2.35. The summed E-state index contributed by atoms with van der Waals surface area (Å²) in [6.45, 7) is 4.67. The Labute approximate surface area is 124 Å². The Kier molecular flexibility index (Phi) is 4.37. The standard InChI is InChI=1S/C15H22N2O4/c1-15(2)8-11(5-6-21-15)16-13(18)10-7-12(14(19)20-4)17(3)9-10/h7,9,11H,5-6,8H2,1-4H3,(H,16,18)/t11-/m1/s1. The predicted molar refractivity (Wildman–Crippen MR) is 77.3 cm³/mol. The Balaban J connectivity index is 2.05. The minimum atomic E-state index is -0.455. The van der Waals surface area contributed by atoms with Gasteiger partial charge in [0.15, 0.2) is 0 Å². The molecule has 1 saturated heterocycles. The second-order valence-corrected chi connectivity index (χ2v) is 5.99. The van der Waals surface area contributed by atoms with Gasteiger partial charge in [-0.15, -0.1) is 0 Å². The molecule has 1 N–H and O–H groups in total. The first-order valence-corrected chi connectivity index (χ1v) is 7.02. The minimum absolute atomic E-state index is 0.0861. The number of ether oxygens (including phenoxy) is 2. The van der Waals surface area contributed by atoms with Crippen molar-refractivity contribution < 1.29 is 19.1 Å². The van der Waals surface area contributed by atoms with E-state index in [1.54, 1.807) is 23.9 Å². The molecule has 1 amide bonds. The molecule has 1 aromatic heterocycles. The molecule has 0 saturated carbocycles. The molecule has 1 atom stereocenters. The topological polar surface area (TPSA) is 69.6 Å². The highest BCUT2D eigenvalue weighted by molar-refractivity contribution is 5.97. The van der Waals surface area contributed by atoms with Crippen LogP contribution in [0.1, 0.15) is 47.5 Å². The molecule has 0 unspecified atom stereocenters. The average Bonchev–Trinajstić information content (AvgIpc) is 2.79. The molecule has 2 rings (SSSR count). The van der Waals surface area contributed by atoms with Gasteiger partial charge in [-0.2, -0.15) is 0 Å². The number of amides is 1. The van der Waals surface area contributed by atoms with Crippen LogP contribution in [-0.2, 0) is 16.5 Å². The number of aromatic nitrogens is 1. The van der Waals surface area contributed by atoms with Gasteiger partial charge in [-0.25, -0.2) is 4.79 Å². The first kappa shape index (κ1) is 15.6. The van der Waals surface area contributed by atoms with Gasteiger partial charge in [0.05, 0.1) is 18.3 Å². The lowest BCUT2D eigenvalue weighted by atomic mass is 9.94. The summed E-state index contributed by atoms with van der Waals surface area (Å²) in [5.74, 6) is -0.632. The summed E-state index contributed by atoms with van der Waals surface area (Å²) < 4.78 is 11.9. The maximum Gasteiger partial charge on any atom is 0.354 e. The van der Waals surface area contributed by atoms with Crippen molar-refractivity contribution in [1.82, 2.24) is 9.88 Å². The fourth-order valence-corrected chi connectivity index (χ4v) is 2.62. The summed E-state index contributed by atoms with van der Waals surface area (Å²) in [6, 6.07) is 1.63. The number of aryl methyl sites for hydroxylation is 1. The average molecular weight is 294 g/mol. The molecule has 6 nitrogen and oxygen atoms in total. The first-order chi connectivity index (χ1) is 9.82. The predicted octanol–water partition coefficient (Wildman–Crippen LogP) is 1.50. The van der Waals surface area contributed by atoms with Crippen LogP contribution in [0, 0.1) is 0 Å². The van der Waals surface area contributed by atoms with E-state index in [2.05, 4.69) is 10.1 Å². The van der Waals surface area contributed by atoms with E-state index < -0.39 is 5.97 Å². The van der Waals surface area contributed by atoms with Crippen LogP contribution in [0.15, 0.2) is 12.3 Å². The smallest absolute Gasteiger partial charge is 0.354 e. The van der Waals surface area contributed by atoms with Crippen LogP contribution in [0.2, 0.25) is 0 Å². The fourth-order valence-electron chi connectivity index (χ4n) is 2.62. The molecule has 21 heavy (non-hydrogen) atoms. The van der Waals surface area contributed by atoms with Crippen LogP contribution in [0.3, 0.4) is 0 Å². The van der Waals surface area contributed by atoms with Crippen molar-refractivity contribution in [2.75, 3.05) is 13.7 Å². The van der Waals surface area contributed by atoms with Gasteiger partial charge in [-0.05, 0) is 32.8 Å². The van der Waals surface area contributed by atoms with E-state index in [9.17, 15) is 9.59 Å². The van der Waals surface area contributed by atoms with Crippen molar-refractivity contribution in [1.29, 1.82) is 0 Å². The quantitative estimate of drug-likeness (QED) is 0.858. The molecule has 2 heterocycles. The van der Waals surface area contributed by atoms with E-state index in [0.717, 1.165) is 12.8 Å². The van der Waals surface area contributed by atoms with Crippen LogP contribution in [-0.4, -0.2) is 41.8 Å². The second-order valence-electron chi connectivity index (χ2n) is 5.99. The Morgan fingerprint density at radius 2 is 2.19 bits per heavy atom. The molecule has 1 aliphatic rings. The number of hydrogen-bond acceptors (Lipinski definition) is 4. The number of carbonyl (C=O) groups is 2. The number of nitrogens with one attached hydrogen (secondary N) is 1. The van der Waals surface area contributed by atoms with E-state index in [1.165, 1.54) is 7.11 Å².